The zero-order valence-electron chi connectivity index (χ0n) is 24.5. The molecule has 0 saturated carbocycles. The van der Waals surface area contributed by atoms with Crippen LogP contribution in [0.1, 0.15) is 54.0 Å². The minimum Gasteiger partial charge on any atom is -0.458 e. The van der Waals surface area contributed by atoms with Crippen LogP contribution in [0.4, 0.5) is 22.8 Å². The summed E-state index contributed by atoms with van der Waals surface area (Å²) < 4.78 is 66.0. The first-order valence-electron chi connectivity index (χ1n) is 13.3. The number of hydrogen-bond acceptors (Lipinski definition) is 8. The molecule has 12 heteroatoms. The first-order valence-corrected chi connectivity index (χ1v) is 13.3. The third kappa shape index (κ3) is 12.1. The lowest BCUT2D eigenvalue weighted by molar-refractivity contribution is -0.163. The molecule has 4 unspecified atom stereocenters. The third-order valence-corrected chi connectivity index (χ3v) is 5.63. The van der Waals surface area contributed by atoms with Crippen LogP contribution in [0.5, 0.6) is 0 Å². The fraction of sp³-hybridized carbons (Fsp3) is 0.621. The molecule has 2 rings (SSSR count). The van der Waals surface area contributed by atoms with E-state index in [0.29, 0.717) is 11.3 Å². The van der Waals surface area contributed by atoms with Crippen LogP contribution in [0, 0.1) is 5.92 Å². The van der Waals surface area contributed by atoms with Gasteiger partial charge in [0.1, 0.15) is 17.3 Å². The molecule has 9 nitrogen and oxygen atoms in total. The minimum absolute atomic E-state index is 0.0174. The second kappa shape index (κ2) is 14.2. The summed E-state index contributed by atoms with van der Waals surface area (Å²) in [5.41, 5.74) is -1.10. The molecule has 0 N–H and O–H groups in total. The van der Waals surface area contributed by atoms with Gasteiger partial charge in [-0.2, -0.15) is 18.1 Å². The average molecular weight is 588 g/mol. The molecule has 2 amide bonds. The van der Waals surface area contributed by atoms with Crippen molar-refractivity contribution in [3.8, 4) is 0 Å². The molecule has 230 valence electrons. The van der Waals surface area contributed by atoms with Crippen LogP contribution in [0.2, 0.25) is 0 Å². The molecule has 0 bridgehead atoms. The molecule has 0 radical (unpaired) electrons. The number of benzene rings is 1. The number of halogens is 3. The molecule has 4 atom stereocenters. The van der Waals surface area contributed by atoms with E-state index in [1.165, 1.54) is 6.92 Å². The van der Waals surface area contributed by atoms with E-state index >= 15 is 0 Å². The SMILES string of the molecule is CC1OC(=O)C(N(C(=O)OC(C)(C)C)C(=O)OC(C)(C)C)COCC(Cc2ccccc2)C1OCC=CC(F)(F)F. The highest BCUT2D eigenvalue weighted by Gasteiger charge is 2.44. The fourth-order valence-electron chi connectivity index (χ4n) is 4.05. The number of allylic oxidation sites excluding steroid dienone is 1. The second-order valence-corrected chi connectivity index (χ2v) is 11.7. The number of carbonyl (C=O) groups excluding carboxylic acids is 3. The maximum atomic E-state index is 13.4. The number of imide groups is 1. The third-order valence-electron chi connectivity index (χ3n) is 5.63. The maximum Gasteiger partial charge on any atom is 0.420 e. The summed E-state index contributed by atoms with van der Waals surface area (Å²) in [6.45, 7) is 10.3. The summed E-state index contributed by atoms with van der Waals surface area (Å²) in [4.78, 5) is 40.2. The Morgan fingerprint density at radius 1 is 0.976 bits per heavy atom. The Kier molecular flexibility index (Phi) is 11.8. The Morgan fingerprint density at radius 2 is 1.54 bits per heavy atom. The van der Waals surface area contributed by atoms with E-state index in [9.17, 15) is 27.6 Å². The first kappa shape index (κ1) is 34.1. The van der Waals surface area contributed by atoms with E-state index in [1.54, 1.807) is 41.5 Å². The second-order valence-electron chi connectivity index (χ2n) is 11.7. The molecule has 1 aromatic carbocycles. The molecular formula is C29H40F3NO8. The maximum absolute atomic E-state index is 13.4. The first-order chi connectivity index (χ1) is 18.9. The van der Waals surface area contributed by atoms with Gasteiger partial charge in [0.2, 0.25) is 0 Å². The highest BCUT2D eigenvalue weighted by molar-refractivity contribution is 5.94. The van der Waals surface area contributed by atoms with Crippen LogP contribution >= 0.6 is 0 Å². The summed E-state index contributed by atoms with van der Waals surface area (Å²) in [6, 6.07) is 7.71. The number of ether oxygens (including phenoxy) is 5. The highest BCUT2D eigenvalue weighted by atomic mass is 19.4. The smallest absolute Gasteiger partial charge is 0.420 e. The van der Waals surface area contributed by atoms with Crippen LogP contribution in [0.25, 0.3) is 0 Å². The predicted molar refractivity (Wildman–Crippen MR) is 143 cm³/mol. The van der Waals surface area contributed by atoms with Gasteiger partial charge in [-0.25, -0.2) is 14.4 Å². The largest absolute Gasteiger partial charge is 0.458 e. The Balaban J connectivity index is 2.40. The van der Waals surface area contributed by atoms with Crippen molar-refractivity contribution in [2.24, 2.45) is 5.92 Å². The molecule has 1 saturated heterocycles. The average Bonchev–Trinajstić information content (AvgIpc) is 2.84. The Hall–Kier alpha value is -3.12. The van der Waals surface area contributed by atoms with E-state index in [2.05, 4.69) is 0 Å². The molecular weight excluding hydrogens is 547 g/mol. The monoisotopic (exact) mass is 587 g/mol. The number of rotatable bonds is 6. The van der Waals surface area contributed by atoms with Crippen molar-refractivity contribution < 1.29 is 51.2 Å². The molecule has 0 spiro atoms. The molecule has 1 aromatic rings. The van der Waals surface area contributed by atoms with Crippen molar-refractivity contribution in [3.63, 3.8) is 0 Å². The van der Waals surface area contributed by atoms with Crippen LogP contribution in [-0.2, 0) is 34.9 Å². The van der Waals surface area contributed by atoms with Gasteiger partial charge in [-0.15, -0.1) is 0 Å². The summed E-state index contributed by atoms with van der Waals surface area (Å²) in [7, 11) is 0. The summed E-state index contributed by atoms with van der Waals surface area (Å²) in [6.07, 6.45) is -7.35. The number of carbonyl (C=O) groups is 3. The Bertz CT molecular complexity index is 1020. The van der Waals surface area contributed by atoms with Crippen LogP contribution in [0.3, 0.4) is 0 Å². The van der Waals surface area contributed by atoms with Crippen molar-refractivity contribution >= 4 is 18.2 Å². The quantitative estimate of drug-likeness (QED) is 0.232. The number of esters is 1. The number of nitrogens with zero attached hydrogens (tertiary/aromatic N) is 1. The standard InChI is InChI=1S/C29H40F3NO8/c1-19-23(38-15-11-14-29(30,31)32)21(16-20-12-9-8-10-13-20)17-37-18-22(24(34)39-19)33(25(35)40-27(2,3)4)26(36)41-28(5,6)7/h8-14,19,21-23H,15-18H2,1-7H3. The van der Waals surface area contributed by atoms with E-state index in [1.807, 2.05) is 30.3 Å². The van der Waals surface area contributed by atoms with Gasteiger partial charge >= 0.3 is 24.3 Å². The van der Waals surface area contributed by atoms with E-state index in [4.69, 9.17) is 23.7 Å². The highest BCUT2D eigenvalue weighted by Crippen LogP contribution is 2.25. The molecule has 1 aliphatic rings. The number of amides is 2. The molecule has 41 heavy (non-hydrogen) atoms. The molecule has 0 aromatic heterocycles. The summed E-state index contributed by atoms with van der Waals surface area (Å²) in [5, 5.41) is 0. The predicted octanol–water partition coefficient (Wildman–Crippen LogP) is 5.85. The van der Waals surface area contributed by atoms with Crippen LogP contribution < -0.4 is 0 Å². The van der Waals surface area contributed by atoms with Crippen molar-refractivity contribution in [1.82, 2.24) is 4.90 Å². The zero-order valence-corrected chi connectivity index (χ0v) is 24.5. The Labute approximate surface area is 238 Å². The van der Waals surface area contributed by atoms with Gasteiger partial charge in [-0.1, -0.05) is 36.4 Å². The van der Waals surface area contributed by atoms with Gasteiger partial charge in [-0.05, 0) is 60.5 Å². The van der Waals surface area contributed by atoms with Gasteiger partial charge < -0.3 is 23.7 Å². The molecule has 1 heterocycles. The minimum atomic E-state index is -4.51. The number of hydrogen-bond donors (Lipinski definition) is 0. The Morgan fingerprint density at radius 3 is 2.05 bits per heavy atom. The topological polar surface area (TPSA) is 101 Å². The van der Waals surface area contributed by atoms with Crippen molar-refractivity contribution in [1.29, 1.82) is 0 Å². The van der Waals surface area contributed by atoms with Gasteiger partial charge in [0, 0.05) is 12.0 Å². The van der Waals surface area contributed by atoms with Crippen LogP contribution in [0.15, 0.2) is 42.5 Å². The fourth-order valence-corrected chi connectivity index (χ4v) is 4.05. The van der Waals surface area contributed by atoms with E-state index < -0.39 is 72.9 Å². The van der Waals surface area contributed by atoms with Crippen LogP contribution in [-0.4, -0.2) is 78.5 Å². The molecule has 1 fully saturated rings. The molecule has 0 aliphatic carbocycles. The molecule has 1 aliphatic heterocycles. The van der Waals surface area contributed by atoms with Gasteiger partial charge in [0.15, 0.2) is 6.04 Å². The summed E-state index contributed by atoms with van der Waals surface area (Å²) in [5.74, 6) is -1.45. The lowest BCUT2D eigenvalue weighted by Gasteiger charge is -2.32. The number of alkyl halides is 3. The van der Waals surface area contributed by atoms with Gasteiger partial charge in [0.05, 0.1) is 25.9 Å². The lowest BCUT2D eigenvalue weighted by atomic mass is 9.91. The van der Waals surface area contributed by atoms with E-state index in [0.717, 1.165) is 11.6 Å². The van der Waals surface area contributed by atoms with Crippen molar-refractivity contribution in [2.75, 3.05) is 19.8 Å². The van der Waals surface area contributed by atoms with Gasteiger partial charge in [0.25, 0.3) is 0 Å². The number of cyclic esters (lactones) is 1. The zero-order chi connectivity index (χ0) is 31.0. The normalized spacial score (nSPS) is 22.7. The lowest BCUT2D eigenvalue weighted by Crippen LogP contribution is -2.54. The van der Waals surface area contributed by atoms with Crippen molar-refractivity contribution in [3.05, 3.63) is 48.0 Å². The van der Waals surface area contributed by atoms with Gasteiger partial charge in [-0.3, -0.25) is 0 Å². The summed E-state index contributed by atoms with van der Waals surface area (Å²) >= 11 is 0. The van der Waals surface area contributed by atoms with Crippen molar-refractivity contribution in [2.45, 2.75) is 90.5 Å². The van der Waals surface area contributed by atoms with E-state index in [-0.39, 0.29) is 12.7 Å².